The summed E-state index contributed by atoms with van der Waals surface area (Å²) in [5.41, 5.74) is 0.0992. The van der Waals surface area contributed by atoms with E-state index < -0.39 is 11.5 Å². The van der Waals surface area contributed by atoms with Gasteiger partial charge in [-0.2, -0.15) is 0 Å². The van der Waals surface area contributed by atoms with Crippen molar-refractivity contribution in [1.82, 2.24) is 5.32 Å². The summed E-state index contributed by atoms with van der Waals surface area (Å²) < 4.78 is 5.98. The highest BCUT2D eigenvalue weighted by Crippen LogP contribution is 2.24. The molecular weight excluding hydrogens is 350 g/mol. The molecule has 0 bridgehead atoms. The van der Waals surface area contributed by atoms with Crippen LogP contribution < -0.4 is 10.1 Å². The van der Waals surface area contributed by atoms with Gasteiger partial charge in [-0.1, -0.05) is 29.8 Å². The number of benzene rings is 1. The SMILES string of the molecule is CCC(CC)(CC(=O)O)NC(=O)Cc1cc(OC)ccc1Br. The molecule has 0 fully saturated rings. The maximum absolute atomic E-state index is 12.3. The van der Waals surface area contributed by atoms with Crippen LogP contribution in [0.5, 0.6) is 5.75 Å². The molecule has 5 nitrogen and oxygen atoms in total. The van der Waals surface area contributed by atoms with Gasteiger partial charge in [0, 0.05) is 10.0 Å². The van der Waals surface area contributed by atoms with Crippen LogP contribution >= 0.6 is 15.9 Å². The summed E-state index contributed by atoms with van der Waals surface area (Å²) in [6, 6.07) is 5.42. The van der Waals surface area contributed by atoms with Crippen LogP contribution in [0.2, 0.25) is 0 Å². The summed E-state index contributed by atoms with van der Waals surface area (Å²) in [7, 11) is 1.57. The van der Waals surface area contributed by atoms with Crippen LogP contribution in [0.1, 0.15) is 38.7 Å². The zero-order chi connectivity index (χ0) is 16.8. The van der Waals surface area contributed by atoms with E-state index in [-0.39, 0.29) is 18.7 Å². The maximum atomic E-state index is 12.3. The average Bonchev–Trinajstić information content (AvgIpc) is 2.48. The van der Waals surface area contributed by atoms with E-state index in [1.54, 1.807) is 19.2 Å². The first-order valence-corrected chi connectivity index (χ1v) is 8.00. The van der Waals surface area contributed by atoms with Crippen molar-refractivity contribution >= 4 is 27.8 Å². The number of rotatable bonds is 8. The molecule has 0 aliphatic carbocycles. The molecule has 0 aromatic heterocycles. The van der Waals surface area contributed by atoms with Crippen molar-refractivity contribution in [1.29, 1.82) is 0 Å². The van der Waals surface area contributed by atoms with Crippen molar-refractivity contribution in [3.8, 4) is 5.75 Å². The standard InChI is InChI=1S/C16H22BrNO4/c1-4-16(5-2,10-15(20)21)18-14(19)9-11-8-12(22-3)6-7-13(11)17/h6-8H,4-5,9-10H2,1-3H3,(H,18,19)(H,20,21). The first kappa shape index (κ1) is 18.5. The van der Waals surface area contributed by atoms with Crippen LogP contribution in [-0.4, -0.2) is 29.6 Å². The zero-order valence-corrected chi connectivity index (χ0v) is 14.7. The van der Waals surface area contributed by atoms with Crippen LogP contribution in [0, 0.1) is 0 Å². The Labute approximate surface area is 139 Å². The molecule has 0 heterocycles. The van der Waals surface area contributed by atoms with Crippen molar-refractivity contribution in [2.45, 2.75) is 45.1 Å². The Bertz CT molecular complexity index is 541. The molecule has 1 amide bonds. The number of hydrogen-bond acceptors (Lipinski definition) is 3. The number of carboxylic acid groups (broad SMARTS) is 1. The lowest BCUT2D eigenvalue weighted by Crippen LogP contribution is -2.49. The summed E-state index contributed by atoms with van der Waals surface area (Å²) in [6.07, 6.45) is 1.23. The van der Waals surface area contributed by atoms with E-state index in [1.807, 2.05) is 19.9 Å². The van der Waals surface area contributed by atoms with Crippen molar-refractivity contribution < 1.29 is 19.4 Å². The smallest absolute Gasteiger partial charge is 0.305 e. The number of halogens is 1. The van der Waals surface area contributed by atoms with E-state index in [9.17, 15) is 9.59 Å². The second-order valence-electron chi connectivity index (χ2n) is 5.24. The number of carboxylic acids is 1. The van der Waals surface area contributed by atoms with Gasteiger partial charge in [0.25, 0.3) is 0 Å². The molecule has 1 aromatic rings. The second kappa shape index (κ2) is 8.17. The minimum atomic E-state index is -0.911. The molecule has 2 N–H and O–H groups in total. The molecule has 122 valence electrons. The Kier molecular flexibility index (Phi) is 6.87. The van der Waals surface area contributed by atoms with Gasteiger partial charge in [-0.15, -0.1) is 0 Å². The van der Waals surface area contributed by atoms with Gasteiger partial charge in [-0.25, -0.2) is 0 Å². The molecule has 1 aromatic carbocycles. The molecule has 6 heteroatoms. The van der Waals surface area contributed by atoms with Crippen LogP contribution in [0.4, 0.5) is 0 Å². The number of methoxy groups -OCH3 is 1. The summed E-state index contributed by atoms with van der Waals surface area (Å²) in [5, 5.41) is 11.9. The monoisotopic (exact) mass is 371 g/mol. The van der Waals surface area contributed by atoms with Gasteiger partial charge in [-0.05, 0) is 36.6 Å². The van der Waals surface area contributed by atoms with Gasteiger partial charge in [0.15, 0.2) is 0 Å². The first-order chi connectivity index (χ1) is 10.4. The summed E-state index contributed by atoms with van der Waals surface area (Å²) in [6.45, 7) is 3.77. The number of carbonyl (C=O) groups excluding carboxylic acids is 1. The quantitative estimate of drug-likeness (QED) is 0.735. The molecule has 0 atom stereocenters. The fraction of sp³-hybridized carbons (Fsp3) is 0.500. The normalized spacial score (nSPS) is 11.1. The predicted octanol–water partition coefficient (Wildman–Crippen LogP) is 3.15. The number of hydrogen-bond donors (Lipinski definition) is 2. The van der Waals surface area contributed by atoms with Crippen molar-refractivity contribution in [3.63, 3.8) is 0 Å². The van der Waals surface area contributed by atoms with E-state index in [0.717, 1.165) is 10.0 Å². The van der Waals surface area contributed by atoms with Crippen LogP contribution in [0.25, 0.3) is 0 Å². The number of nitrogens with one attached hydrogen (secondary N) is 1. The van der Waals surface area contributed by atoms with Crippen molar-refractivity contribution in [2.75, 3.05) is 7.11 Å². The summed E-state index contributed by atoms with van der Waals surface area (Å²) >= 11 is 3.41. The van der Waals surface area contributed by atoms with Gasteiger partial charge in [0.1, 0.15) is 5.75 Å². The van der Waals surface area contributed by atoms with Crippen molar-refractivity contribution in [2.24, 2.45) is 0 Å². The van der Waals surface area contributed by atoms with Gasteiger partial charge < -0.3 is 15.2 Å². The zero-order valence-electron chi connectivity index (χ0n) is 13.1. The van der Waals surface area contributed by atoms with Crippen molar-refractivity contribution in [3.05, 3.63) is 28.2 Å². The van der Waals surface area contributed by atoms with Gasteiger partial charge in [0.2, 0.25) is 5.91 Å². The highest BCUT2D eigenvalue weighted by atomic mass is 79.9. The van der Waals surface area contributed by atoms with E-state index in [2.05, 4.69) is 21.2 Å². The van der Waals surface area contributed by atoms with Gasteiger partial charge in [0.05, 0.1) is 20.0 Å². The average molecular weight is 372 g/mol. The predicted molar refractivity (Wildman–Crippen MR) is 88.1 cm³/mol. The number of aliphatic carboxylic acids is 1. The molecule has 0 saturated heterocycles. The minimum absolute atomic E-state index is 0.0784. The van der Waals surface area contributed by atoms with E-state index in [1.165, 1.54) is 0 Å². The summed E-state index contributed by atoms with van der Waals surface area (Å²) in [4.78, 5) is 23.3. The fourth-order valence-electron chi connectivity index (χ4n) is 2.34. The molecule has 0 saturated carbocycles. The molecule has 22 heavy (non-hydrogen) atoms. The third-order valence-electron chi connectivity index (χ3n) is 3.85. The van der Waals surface area contributed by atoms with E-state index in [0.29, 0.717) is 18.6 Å². The minimum Gasteiger partial charge on any atom is -0.497 e. The lowest BCUT2D eigenvalue weighted by molar-refractivity contribution is -0.139. The Morgan fingerprint density at radius 2 is 1.95 bits per heavy atom. The molecule has 1 rings (SSSR count). The Morgan fingerprint density at radius 3 is 2.45 bits per heavy atom. The molecule has 0 aliphatic heterocycles. The van der Waals surface area contributed by atoms with Crippen LogP contribution in [0.3, 0.4) is 0 Å². The first-order valence-electron chi connectivity index (χ1n) is 7.21. The highest BCUT2D eigenvalue weighted by Gasteiger charge is 2.31. The third kappa shape index (κ3) is 5.02. The summed E-state index contributed by atoms with van der Waals surface area (Å²) in [5.74, 6) is -0.431. The molecule has 0 unspecified atom stereocenters. The number of amides is 1. The lowest BCUT2D eigenvalue weighted by atomic mass is 9.88. The third-order valence-corrected chi connectivity index (χ3v) is 4.63. The molecule has 0 spiro atoms. The lowest BCUT2D eigenvalue weighted by Gasteiger charge is -2.31. The van der Waals surface area contributed by atoms with Crippen LogP contribution in [-0.2, 0) is 16.0 Å². The second-order valence-corrected chi connectivity index (χ2v) is 6.09. The Hall–Kier alpha value is -1.56. The van der Waals surface area contributed by atoms with E-state index >= 15 is 0 Å². The maximum Gasteiger partial charge on any atom is 0.305 e. The number of ether oxygens (including phenoxy) is 1. The fourth-order valence-corrected chi connectivity index (χ4v) is 2.72. The van der Waals surface area contributed by atoms with Gasteiger partial charge in [-0.3, -0.25) is 9.59 Å². The molecule has 0 aliphatic rings. The van der Waals surface area contributed by atoms with Gasteiger partial charge >= 0.3 is 5.97 Å². The van der Waals surface area contributed by atoms with E-state index in [4.69, 9.17) is 9.84 Å². The van der Waals surface area contributed by atoms with Crippen LogP contribution in [0.15, 0.2) is 22.7 Å². The topological polar surface area (TPSA) is 75.6 Å². The number of carbonyl (C=O) groups is 2. The molecule has 0 radical (unpaired) electrons. The largest absolute Gasteiger partial charge is 0.497 e. The Morgan fingerprint density at radius 1 is 1.32 bits per heavy atom. The molecular formula is C16H22BrNO4. The highest BCUT2D eigenvalue weighted by molar-refractivity contribution is 9.10. The Balaban J connectivity index is 2.86.